The maximum absolute atomic E-state index is 13.1. The summed E-state index contributed by atoms with van der Waals surface area (Å²) in [4.78, 5) is 41.4. The summed E-state index contributed by atoms with van der Waals surface area (Å²) < 4.78 is 39.7. The van der Waals surface area contributed by atoms with Crippen molar-refractivity contribution in [1.82, 2.24) is 9.55 Å². The lowest BCUT2D eigenvalue weighted by Crippen LogP contribution is -2.41. The molecule has 10 heteroatoms. The van der Waals surface area contributed by atoms with Gasteiger partial charge in [-0.2, -0.15) is 13.2 Å². The lowest BCUT2D eigenvalue weighted by Gasteiger charge is -2.24. The predicted octanol–water partition coefficient (Wildman–Crippen LogP) is 3.24. The maximum Gasteiger partial charge on any atom is 0.416 e. The Balaban J connectivity index is 2.05. The quantitative estimate of drug-likeness (QED) is 0.607. The summed E-state index contributed by atoms with van der Waals surface area (Å²) in [6.45, 7) is 1.89. The fourth-order valence-corrected chi connectivity index (χ4v) is 3.26. The van der Waals surface area contributed by atoms with E-state index in [1.54, 1.807) is 37.3 Å². The van der Waals surface area contributed by atoms with Crippen LogP contribution in [0.15, 0.2) is 64.2 Å². The first kappa shape index (κ1) is 22.9. The van der Waals surface area contributed by atoms with Crippen LogP contribution in [0.3, 0.4) is 0 Å². The van der Waals surface area contributed by atoms with Gasteiger partial charge in [0.25, 0.3) is 11.5 Å². The van der Waals surface area contributed by atoms with Crippen molar-refractivity contribution < 1.29 is 18.0 Å². The van der Waals surface area contributed by atoms with Crippen molar-refractivity contribution in [2.45, 2.75) is 26.1 Å². The van der Waals surface area contributed by atoms with E-state index in [1.807, 2.05) is 0 Å². The van der Waals surface area contributed by atoms with Crippen LogP contribution in [0.5, 0.6) is 0 Å². The summed E-state index contributed by atoms with van der Waals surface area (Å²) in [5.74, 6) is -0.918. The zero-order valence-corrected chi connectivity index (χ0v) is 17.1. The Bertz CT molecular complexity index is 1220. The first-order chi connectivity index (χ1) is 15.1. The molecule has 7 nitrogen and oxygen atoms in total. The highest BCUT2D eigenvalue weighted by molar-refractivity contribution is 6.07. The molecule has 0 atom stereocenters. The molecule has 1 amide bonds. The Morgan fingerprint density at radius 1 is 1.06 bits per heavy atom. The third-order valence-electron chi connectivity index (χ3n) is 4.82. The largest absolute Gasteiger partial charge is 0.416 e. The van der Waals surface area contributed by atoms with Gasteiger partial charge in [0.2, 0.25) is 0 Å². The van der Waals surface area contributed by atoms with E-state index in [9.17, 15) is 27.6 Å². The molecule has 168 valence electrons. The second-order valence-electron chi connectivity index (χ2n) is 7.10. The summed E-state index contributed by atoms with van der Waals surface area (Å²) >= 11 is 0. The van der Waals surface area contributed by atoms with Crippen molar-refractivity contribution in [3.63, 3.8) is 0 Å². The molecule has 3 rings (SSSR count). The Morgan fingerprint density at radius 2 is 1.69 bits per heavy atom. The molecule has 2 aromatic carbocycles. The van der Waals surface area contributed by atoms with E-state index in [0.717, 1.165) is 39.3 Å². The first-order valence-corrected chi connectivity index (χ1v) is 9.79. The minimum atomic E-state index is -4.54. The van der Waals surface area contributed by atoms with Crippen molar-refractivity contribution in [1.29, 1.82) is 0 Å². The lowest BCUT2D eigenvalue weighted by atomic mass is 10.1. The van der Waals surface area contributed by atoms with Crippen molar-refractivity contribution >= 4 is 17.4 Å². The average Bonchev–Trinajstić information content (AvgIpc) is 2.75. The Kier molecular flexibility index (Phi) is 6.52. The third-order valence-corrected chi connectivity index (χ3v) is 4.82. The van der Waals surface area contributed by atoms with Gasteiger partial charge in [-0.3, -0.25) is 19.1 Å². The van der Waals surface area contributed by atoms with Crippen molar-refractivity contribution in [2.24, 2.45) is 0 Å². The molecular weight excluding hydrogens is 425 g/mol. The number of anilines is 2. The number of benzene rings is 2. The van der Waals surface area contributed by atoms with E-state index in [4.69, 9.17) is 5.73 Å². The molecular formula is C22H21F3N4O3. The number of hydrogen-bond acceptors (Lipinski definition) is 4. The van der Waals surface area contributed by atoms with Crippen LogP contribution in [0.4, 0.5) is 24.7 Å². The van der Waals surface area contributed by atoms with Crippen molar-refractivity contribution in [3.8, 4) is 0 Å². The SMILES string of the molecule is CCCN(C(=O)c1ccc(C(F)(F)F)cc1)c1c(N)n(Cc2ccccc2)c(=O)[nH]c1=O. The van der Waals surface area contributed by atoms with Crippen LogP contribution in [0, 0.1) is 0 Å². The van der Waals surface area contributed by atoms with E-state index in [2.05, 4.69) is 4.98 Å². The summed E-state index contributed by atoms with van der Waals surface area (Å²) in [5.41, 5.74) is 4.14. The monoisotopic (exact) mass is 446 g/mol. The van der Waals surface area contributed by atoms with Crippen LogP contribution < -0.4 is 21.9 Å². The highest BCUT2D eigenvalue weighted by Gasteiger charge is 2.31. The minimum Gasteiger partial charge on any atom is -0.383 e. The van der Waals surface area contributed by atoms with Crippen LogP contribution in [0.1, 0.15) is 34.8 Å². The summed E-state index contributed by atoms with van der Waals surface area (Å²) in [5, 5.41) is 0. The number of aromatic nitrogens is 2. The third kappa shape index (κ3) is 4.74. The number of nitrogen functional groups attached to an aromatic ring is 1. The molecule has 0 saturated carbocycles. The molecule has 0 radical (unpaired) electrons. The average molecular weight is 446 g/mol. The van der Waals surface area contributed by atoms with E-state index in [1.165, 1.54) is 0 Å². The molecule has 0 unspecified atom stereocenters. The predicted molar refractivity (Wildman–Crippen MR) is 115 cm³/mol. The van der Waals surface area contributed by atoms with Crippen LogP contribution in [0.2, 0.25) is 0 Å². The molecule has 32 heavy (non-hydrogen) atoms. The minimum absolute atomic E-state index is 0.0499. The summed E-state index contributed by atoms with van der Waals surface area (Å²) in [7, 11) is 0. The number of nitrogens with two attached hydrogens (primary N) is 1. The number of H-pyrrole nitrogens is 1. The summed E-state index contributed by atoms with van der Waals surface area (Å²) in [6.07, 6.45) is -4.11. The number of nitrogens with one attached hydrogen (secondary N) is 1. The van der Waals surface area contributed by atoms with Crippen molar-refractivity contribution in [2.75, 3.05) is 17.2 Å². The number of hydrogen-bond donors (Lipinski definition) is 2. The van der Waals surface area contributed by atoms with Crippen LogP contribution in [-0.4, -0.2) is 22.0 Å². The van der Waals surface area contributed by atoms with Gasteiger partial charge in [0.05, 0.1) is 12.1 Å². The number of rotatable bonds is 6. The Labute approximate surface area is 180 Å². The fourth-order valence-electron chi connectivity index (χ4n) is 3.26. The first-order valence-electron chi connectivity index (χ1n) is 9.79. The van der Waals surface area contributed by atoms with Crippen LogP contribution in [0.25, 0.3) is 0 Å². The van der Waals surface area contributed by atoms with Gasteiger partial charge in [0.1, 0.15) is 5.82 Å². The topological polar surface area (TPSA) is 101 Å². The number of aromatic amines is 1. The number of carbonyl (C=O) groups excluding carboxylic acids is 1. The van der Waals surface area contributed by atoms with Gasteiger partial charge >= 0.3 is 11.9 Å². The highest BCUT2D eigenvalue weighted by atomic mass is 19.4. The van der Waals surface area contributed by atoms with Gasteiger partial charge in [0, 0.05) is 12.1 Å². The molecule has 0 aliphatic rings. The Hall–Kier alpha value is -3.82. The zero-order valence-electron chi connectivity index (χ0n) is 17.1. The summed E-state index contributed by atoms with van der Waals surface area (Å²) in [6, 6.07) is 12.6. The van der Waals surface area contributed by atoms with Crippen molar-refractivity contribution in [3.05, 3.63) is 92.1 Å². The fraction of sp³-hybridized carbons (Fsp3) is 0.227. The molecule has 0 fully saturated rings. The lowest BCUT2D eigenvalue weighted by molar-refractivity contribution is -0.137. The number of amides is 1. The van der Waals surface area contributed by atoms with Crippen LogP contribution in [-0.2, 0) is 12.7 Å². The van der Waals surface area contributed by atoms with Gasteiger partial charge < -0.3 is 10.6 Å². The van der Waals surface area contributed by atoms with Gasteiger partial charge in [-0.1, -0.05) is 37.3 Å². The highest BCUT2D eigenvalue weighted by Crippen LogP contribution is 2.29. The standard InChI is InChI=1S/C22H21F3N4O3/c1-2-12-28(20(31)15-8-10-16(11-9-15)22(23,24)25)17-18(26)29(21(32)27-19(17)30)13-14-6-4-3-5-7-14/h3-11H,2,12-13,26H2,1H3,(H,27,30,32). The Morgan fingerprint density at radius 3 is 2.25 bits per heavy atom. The molecule has 0 spiro atoms. The molecule has 1 aromatic heterocycles. The maximum atomic E-state index is 13.1. The molecule has 3 N–H and O–H groups in total. The normalized spacial score (nSPS) is 11.4. The van der Waals surface area contributed by atoms with Crippen LogP contribution >= 0.6 is 0 Å². The molecule has 1 heterocycles. The van der Waals surface area contributed by atoms with Gasteiger partial charge in [0.15, 0.2) is 5.69 Å². The number of nitrogens with zero attached hydrogens (tertiary/aromatic N) is 2. The molecule has 0 aliphatic heterocycles. The second kappa shape index (κ2) is 9.13. The zero-order chi connectivity index (χ0) is 23.5. The molecule has 0 saturated heterocycles. The van der Waals surface area contributed by atoms with E-state index in [0.29, 0.717) is 6.42 Å². The van der Waals surface area contributed by atoms with Gasteiger partial charge in [-0.15, -0.1) is 0 Å². The second-order valence-corrected chi connectivity index (χ2v) is 7.10. The van der Waals surface area contributed by atoms with E-state index in [-0.39, 0.29) is 30.2 Å². The van der Waals surface area contributed by atoms with E-state index < -0.39 is 28.9 Å². The number of alkyl halides is 3. The molecule has 3 aromatic rings. The van der Waals surface area contributed by atoms with Gasteiger partial charge in [-0.05, 0) is 36.2 Å². The molecule has 0 aliphatic carbocycles. The number of halogens is 3. The van der Waals surface area contributed by atoms with Gasteiger partial charge in [-0.25, -0.2) is 4.79 Å². The molecule has 0 bridgehead atoms. The smallest absolute Gasteiger partial charge is 0.383 e. The number of carbonyl (C=O) groups is 1. The van der Waals surface area contributed by atoms with E-state index >= 15 is 0 Å².